The predicted molar refractivity (Wildman–Crippen MR) is 36.5 cm³/mol. The Hall–Kier alpha value is -0.820. The fourth-order valence-corrected chi connectivity index (χ4v) is 0.769. The van der Waals surface area contributed by atoms with Crippen molar-refractivity contribution in [2.45, 2.75) is 12.0 Å². The Kier molecular flexibility index (Phi) is 1.54. The minimum absolute atomic E-state index is 0.535. The summed E-state index contributed by atoms with van der Waals surface area (Å²) in [6.07, 6.45) is 9.09. The molecule has 1 aliphatic carbocycles. The first-order chi connectivity index (χ1) is 4.27. The van der Waals surface area contributed by atoms with E-state index in [9.17, 15) is 5.11 Å². The van der Waals surface area contributed by atoms with Crippen molar-refractivity contribution in [1.29, 1.82) is 0 Å². The molecular weight excluding hydrogens is 112 g/mol. The highest BCUT2D eigenvalue weighted by Crippen LogP contribution is 2.18. The smallest absolute Gasteiger partial charge is 0.143 e. The first-order valence-electron chi connectivity index (χ1n) is 2.95. The molecule has 0 aromatic heterocycles. The van der Waals surface area contributed by atoms with Crippen LogP contribution < -0.4 is 0 Å². The molecule has 1 aliphatic rings. The van der Waals surface area contributed by atoms with Crippen molar-refractivity contribution < 1.29 is 5.11 Å². The number of rotatable bonds is 1. The van der Waals surface area contributed by atoms with Gasteiger partial charge in [-0.2, -0.15) is 0 Å². The molecule has 0 amide bonds. The van der Waals surface area contributed by atoms with E-state index in [1.807, 2.05) is 12.2 Å². The molecule has 0 aromatic carbocycles. The summed E-state index contributed by atoms with van der Waals surface area (Å²) in [5.74, 6) is 0. The van der Waals surface area contributed by atoms with Crippen LogP contribution in [0.2, 0.25) is 0 Å². The van der Waals surface area contributed by atoms with Gasteiger partial charge in [-0.25, -0.2) is 5.11 Å². The van der Waals surface area contributed by atoms with Gasteiger partial charge in [0.05, 0.1) is 0 Å². The number of hydrogen-bond acceptors (Lipinski definition) is 0. The van der Waals surface area contributed by atoms with Gasteiger partial charge in [-0.15, -0.1) is 0 Å². The van der Waals surface area contributed by atoms with Gasteiger partial charge in [0.2, 0.25) is 0 Å². The molecule has 1 nitrogen and oxygen atoms in total. The van der Waals surface area contributed by atoms with Gasteiger partial charge in [-0.05, 0) is 6.08 Å². The van der Waals surface area contributed by atoms with E-state index in [4.69, 9.17) is 0 Å². The van der Waals surface area contributed by atoms with E-state index in [2.05, 4.69) is 6.58 Å². The van der Waals surface area contributed by atoms with Crippen LogP contribution in [0.3, 0.4) is 0 Å². The first-order valence-corrected chi connectivity index (χ1v) is 2.95. The lowest BCUT2D eigenvalue weighted by Gasteiger charge is -2.16. The Morgan fingerprint density at radius 1 is 1.56 bits per heavy atom. The van der Waals surface area contributed by atoms with Gasteiger partial charge in [-0.1, -0.05) is 30.9 Å². The largest absolute Gasteiger partial charge is 0.220 e. The molecule has 47 valence electrons. The summed E-state index contributed by atoms with van der Waals surface area (Å²) in [6.45, 7) is 3.46. The number of allylic oxidation sites excluding steroid dienone is 2. The summed E-state index contributed by atoms with van der Waals surface area (Å²) in [7, 11) is 0. The average molecular weight is 121 g/mol. The van der Waals surface area contributed by atoms with Crippen LogP contribution in [0.4, 0.5) is 0 Å². The first kappa shape index (κ1) is 6.30. The summed E-state index contributed by atoms with van der Waals surface area (Å²) in [5.41, 5.74) is -1.03. The van der Waals surface area contributed by atoms with E-state index in [1.165, 1.54) is 6.08 Å². The summed E-state index contributed by atoms with van der Waals surface area (Å²) in [4.78, 5) is 0. The molecule has 0 saturated heterocycles. The van der Waals surface area contributed by atoms with Crippen LogP contribution in [0.5, 0.6) is 0 Å². The summed E-state index contributed by atoms with van der Waals surface area (Å²) < 4.78 is 0. The molecule has 0 aliphatic heterocycles. The highest BCUT2D eigenvalue weighted by molar-refractivity contribution is 5.22. The Labute approximate surface area is 55.0 Å². The standard InChI is InChI=1S/C8H9O/c1-2-8(9)6-4-3-5-7-8/h2-6H,1,7H2. The van der Waals surface area contributed by atoms with Crippen molar-refractivity contribution in [1.82, 2.24) is 0 Å². The molecule has 0 bridgehead atoms. The SMILES string of the molecule is C=CC1([O])C=CC=CC1. The summed E-state index contributed by atoms with van der Waals surface area (Å²) in [6, 6.07) is 0. The molecule has 1 radical (unpaired) electrons. The van der Waals surface area contributed by atoms with E-state index >= 15 is 0 Å². The van der Waals surface area contributed by atoms with Crippen molar-refractivity contribution in [2.75, 3.05) is 0 Å². The van der Waals surface area contributed by atoms with Crippen molar-refractivity contribution in [3.63, 3.8) is 0 Å². The van der Waals surface area contributed by atoms with E-state index < -0.39 is 5.60 Å². The normalized spacial score (nSPS) is 32.6. The Bertz CT molecular complexity index is 167. The second-order valence-corrected chi connectivity index (χ2v) is 2.15. The van der Waals surface area contributed by atoms with Crippen LogP contribution in [-0.4, -0.2) is 5.60 Å². The molecule has 0 spiro atoms. The minimum Gasteiger partial charge on any atom is -0.220 e. The Morgan fingerprint density at radius 2 is 2.33 bits per heavy atom. The average Bonchev–Trinajstić information content (AvgIpc) is 1.90. The molecule has 0 N–H and O–H groups in total. The third kappa shape index (κ3) is 1.30. The van der Waals surface area contributed by atoms with Crippen LogP contribution in [-0.2, 0) is 5.11 Å². The van der Waals surface area contributed by atoms with Gasteiger partial charge < -0.3 is 0 Å². The van der Waals surface area contributed by atoms with Gasteiger partial charge >= 0.3 is 0 Å². The highest BCUT2D eigenvalue weighted by Gasteiger charge is 2.20. The molecule has 1 atom stereocenters. The van der Waals surface area contributed by atoms with Crippen LogP contribution >= 0.6 is 0 Å². The van der Waals surface area contributed by atoms with Crippen molar-refractivity contribution >= 4 is 0 Å². The molecule has 0 heterocycles. The molecule has 1 rings (SSSR count). The lowest BCUT2D eigenvalue weighted by Crippen LogP contribution is -2.20. The molecule has 1 heteroatoms. The number of hydrogen-bond donors (Lipinski definition) is 0. The van der Waals surface area contributed by atoms with Crippen LogP contribution in [0.15, 0.2) is 37.0 Å². The molecule has 1 unspecified atom stereocenters. The Morgan fingerprint density at radius 3 is 2.67 bits per heavy atom. The third-order valence-electron chi connectivity index (χ3n) is 1.41. The monoisotopic (exact) mass is 121 g/mol. The fraction of sp³-hybridized carbons (Fsp3) is 0.250. The molecule has 9 heavy (non-hydrogen) atoms. The quantitative estimate of drug-likeness (QED) is 0.472. The van der Waals surface area contributed by atoms with Crippen LogP contribution in [0, 0.1) is 0 Å². The highest BCUT2D eigenvalue weighted by atomic mass is 16.3. The van der Waals surface area contributed by atoms with Crippen LogP contribution in [0.1, 0.15) is 6.42 Å². The third-order valence-corrected chi connectivity index (χ3v) is 1.41. The zero-order chi connectivity index (χ0) is 6.74. The maximum Gasteiger partial charge on any atom is 0.143 e. The molecule has 0 fully saturated rings. The minimum atomic E-state index is -1.03. The second kappa shape index (κ2) is 2.19. The van der Waals surface area contributed by atoms with E-state index in [0.717, 1.165) is 0 Å². The van der Waals surface area contributed by atoms with Gasteiger partial charge in [0, 0.05) is 6.42 Å². The van der Waals surface area contributed by atoms with Crippen molar-refractivity contribution in [2.24, 2.45) is 0 Å². The van der Waals surface area contributed by atoms with Gasteiger partial charge in [0.25, 0.3) is 0 Å². The molecular formula is C8H9O. The predicted octanol–water partition coefficient (Wildman–Crippen LogP) is 1.86. The zero-order valence-electron chi connectivity index (χ0n) is 5.21. The summed E-state index contributed by atoms with van der Waals surface area (Å²) in [5, 5.41) is 11.2. The maximum atomic E-state index is 11.2. The van der Waals surface area contributed by atoms with E-state index in [1.54, 1.807) is 12.2 Å². The zero-order valence-corrected chi connectivity index (χ0v) is 5.21. The maximum absolute atomic E-state index is 11.2. The van der Waals surface area contributed by atoms with Crippen molar-refractivity contribution in [3.8, 4) is 0 Å². The van der Waals surface area contributed by atoms with Gasteiger partial charge in [0.15, 0.2) is 0 Å². The summed E-state index contributed by atoms with van der Waals surface area (Å²) >= 11 is 0. The van der Waals surface area contributed by atoms with Gasteiger partial charge in [-0.3, -0.25) is 0 Å². The topological polar surface area (TPSA) is 19.9 Å². The lowest BCUT2D eigenvalue weighted by atomic mass is 9.96. The second-order valence-electron chi connectivity index (χ2n) is 2.15. The fourth-order valence-electron chi connectivity index (χ4n) is 0.769. The lowest BCUT2D eigenvalue weighted by molar-refractivity contribution is 0.0603. The van der Waals surface area contributed by atoms with Crippen molar-refractivity contribution in [3.05, 3.63) is 37.0 Å². The van der Waals surface area contributed by atoms with Gasteiger partial charge in [0.1, 0.15) is 5.60 Å². The van der Waals surface area contributed by atoms with E-state index in [0.29, 0.717) is 6.42 Å². The van der Waals surface area contributed by atoms with E-state index in [-0.39, 0.29) is 0 Å². The molecule has 0 aromatic rings. The Balaban J connectivity index is 2.73. The molecule has 0 saturated carbocycles. The van der Waals surface area contributed by atoms with Crippen LogP contribution in [0.25, 0.3) is 0 Å².